The van der Waals surface area contributed by atoms with Gasteiger partial charge in [-0.05, 0) is 41.6 Å². The van der Waals surface area contributed by atoms with Crippen LogP contribution in [0.2, 0.25) is 0 Å². The number of halogens is 3. The summed E-state index contributed by atoms with van der Waals surface area (Å²) in [5.74, 6) is -0.869. The Labute approximate surface area is 116 Å². The van der Waals surface area contributed by atoms with Crippen LogP contribution in [0.3, 0.4) is 0 Å². The lowest BCUT2D eigenvalue weighted by atomic mass is 10.1. The van der Waals surface area contributed by atoms with Crippen molar-refractivity contribution in [3.63, 3.8) is 0 Å². The number of hydrogen-bond donors (Lipinski definition) is 0. The van der Waals surface area contributed by atoms with Gasteiger partial charge in [-0.15, -0.1) is 0 Å². The standard InChI is InChI=1S/C11H8F2INO3/c1-2-17-10(16)7-3-6(5-15)9(4-8(7)14)18-11(12)13/h3-4,11H,2H2,1H3. The Bertz CT molecular complexity index is 500. The average molecular weight is 367 g/mol. The predicted molar refractivity (Wildman–Crippen MR) is 66.5 cm³/mol. The van der Waals surface area contributed by atoms with E-state index in [4.69, 9.17) is 10.00 Å². The van der Waals surface area contributed by atoms with Crippen LogP contribution < -0.4 is 4.74 Å². The zero-order chi connectivity index (χ0) is 13.7. The lowest BCUT2D eigenvalue weighted by Gasteiger charge is -2.10. The summed E-state index contributed by atoms with van der Waals surface area (Å²) in [6, 6.07) is 4.08. The third-order valence-corrected chi connectivity index (χ3v) is 2.79. The number of ether oxygens (including phenoxy) is 2. The maximum Gasteiger partial charge on any atom is 0.387 e. The van der Waals surface area contributed by atoms with Crippen LogP contribution in [0.4, 0.5) is 8.78 Å². The maximum atomic E-state index is 12.1. The van der Waals surface area contributed by atoms with Gasteiger partial charge in [0, 0.05) is 3.57 Å². The third kappa shape index (κ3) is 3.53. The quantitative estimate of drug-likeness (QED) is 0.607. The molecule has 0 aliphatic carbocycles. The molecule has 0 atom stereocenters. The molecule has 4 nitrogen and oxygen atoms in total. The summed E-state index contributed by atoms with van der Waals surface area (Å²) in [5, 5.41) is 8.83. The first kappa shape index (κ1) is 14.6. The van der Waals surface area contributed by atoms with E-state index < -0.39 is 12.6 Å². The molecule has 7 heteroatoms. The summed E-state index contributed by atoms with van der Waals surface area (Å²) >= 11 is 1.79. The first-order valence-corrected chi connectivity index (χ1v) is 5.93. The number of carbonyl (C=O) groups is 1. The van der Waals surface area contributed by atoms with E-state index in [9.17, 15) is 13.6 Å². The SMILES string of the molecule is CCOC(=O)c1cc(C#N)c(OC(F)F)cc1I. The lowest BCUT2D eigenvalue weighted by molar-refractivity contribution is -0.0500. The Hall–Kier alpha value is -1.43. The fourth-order valence-electron chi connectivity index (χ4n) is 1.20. The molecule has 0 aromatic heterocycles. The van der Waals surface area contributed by atoms with Crippen molar-refractivity contribution in [2.45, 2.75) is 13.5 Å². The summed E-state index contributed by atoms with van der Waals surface area (Å²) in [4.78, 5) is 11.5. The number of esters is 1. The Morgan fingerprint density at radius 3 is 2.72 bits per heavy atom. The van der Waals surface area contributed by atoms with Gasteiger partial charge in [-0.3, -0.25) is 0 Å². The molecule has 0 radical (unpaired) electrons. The summed E-state index contributed by atoms with van der Waals surface area (Å²) < 4.78 is 33.6. The minimum atomic E-state index is -3.03. The van der Waals surface area contributed by atoms with Gasteiger partial charge in [0.25, 0.3) is 0 Å². The third-order valence-electron chi connectivity index (χ3n) is 1.90. The van der Waals surface area contributed by atoms with E-state index in [2.05, 4.69) is 4.74 Å². The number of alkyl halides is 2. The second kappa shape index (κ2) is 6.49. The molecule has 0 N–H and O–H groups in total. The molecule has 0 bridgehead atoms. The van der Waals surface area contributed by atoms with E-state index in [1.54, 1.807) is 35.6 Å². The molecule has 1 aromatic carbocycles. The Balaban J connectivity index is 3.19. The second-order valence-electron chi connectivity index (χ2n) is 3.04. The monoisotopic (exact) mass is 367 g/mol. The summed E-state index contributed by atoms with van der Waals surface area (Å²) in [6.07, 6.45) is 0. The van der Waals surface area contributed by atoms with Crippen LogP contribution in [-0.2, 0) is 4.74 Å². The van der Waals surface area contributed by atoms with Crippen molar-refractivity contribution in [2.75, 3.05) is 6.61 Å². The number of nitrogens with zero attached hydrogens (tertiary/aromatic N) is 1. The van der Waals surface area contributed by atoms with Crippen LogP contribution in [0, 0.1) is 14.9 Å². The van der Waals surface area contributed by atoms with Gasteiger partial charge in [0.15, 0.2) is 0 Å². The van der Waals surface area contributed by atoms with Gasteiger partial charge < -0.3 is 9.47 Å². The van der Waals surface area contributed by atoms with Crippen LogP contribution in [0.1, 0.15) is 22.8 Å². The fourth-order valence-corrected chi connectivity index (χ4v) is 1.86. The molecule has 0 aliphatic rings. The lowest BCUT2D eigenvalue weighted by Crippen LogP contribution is -2.09. The van der Waals surface area contributed by atoms with Gasteiger partial charge in [0.1, 0.15) is 11.8 Å². The van der Waals surface area contributed by atoms with E-state index in [0.29, 0.717) is 3.57 Å². The second-order valence-corrected chi connectivity index (χ2v) is 4.20. The number of hydrogen-bond acceptors (Lipinski definition) is 4. The van der Waals surface area contributed by atoms with Crippen LogP contribution >= 0.6 is 22.6 Å². The molecular formula is C11H8F2INO3. The Morgan fingerprint density at radius 2 is 2.22 bits per heavy atom. The highest BCUT2D eigenvalue weighted by Gasteiger charge is 2.17. The molecule has 18 heavy (non-hydrogen) atoms. The van der Waals surface area contributed by atoms with Crippen LogP contribution in [0.5, 0.6) is 5.75 Å². The summed E-state index contributed by atoms with van der Waals surface area (Å²) in [7, 11) is 0. The van der Waals surface area contributed by atoms with Crippen molar-refractivity contribution in [1.29, 1.82) is 5.26 Å². The zero-order valence-electron chi connectivity index (χ0n) is 9.25. The van der Waals surface area contributed by atoms with Gasteiger partial charge in [0.2, 0.25) is 0 Å². The number of benzene rings is 1. The molecule has 0 spiro atoms. The van der Waals surface area contributed by atoms with Crippen molar-refractivity contribution in [3.8, 4) is 11.8 Å². The Kier molecular flexibility index (Phi) is 5.27. The molecule has 1 rings (SSSR count). The van der Waals surface area contributed by atoms with Gasteiger partial charge >= 0.3 is 12.6 Å². The van der Waals surface area contributed by atoms with Crippen molar-refractivity contribution in [2.24, 2.45) is 0 Å². The number of carbonyl (C=O) groups excluding carboxylic acids is 1. The number of nitriles is 1. The molecule has 1 aromatic rings. The van der Waals surface area contributed by atoms with Gasteiger partial charge in [-0.25, -0.2) is 4.79 Å². The molecule has 96 valence electrons. The minimum absolute atomic E-state index is 0.140. The van der Waals surface area contributed by atoms with Crippen molar-refractivity contribution >= 4 is 28.6 Å². The van der Waals surface area contributed by atoms with Crippen LogP contribution in [-0.4, -0.2) is 19.2 Å². The first-order chi connectivity index (χ1) is 8.49. The predicted octanol–water partition coefficient (Wildman–Crippen LogP) is 2.94. The first-order valence-electron chi connectivity index (χ1n) is 4.85. The molecule has 0 fully saturated rings. The van der Waals surface area contributed by atoms with Gasteiger partial charge in [-0.1, -0.05) is 0 Å². The van der Waals surface area contributed by atoms with E-state index in [-0.39, 0.29) is 23.5 Å². The smallest absolute Gasteiger partial charge is 0.387 e. The molecule has 0 unspecified atom stereocenters. The van der Waals surface area contributed by atoms with Crippen LogP contribution in [0.25, 0.3) is 0 Å². The molecule has 0 amide bonds. The Morgan fingerprint density at radius 1 is 1.56 bits per heavy atom. The zero-order valence-corrected chi connectivity index (χ0v) is 11.4. The summed E-state index contributed by atoms with van der Waals surface area (Å²) in [5.41, 5.74) is 0.00869. The normalized spacial score (nSPS) is 10.0. The van der Waals surface area contributed by atoms with E-state index in [0.717, 1.165) is 0 Å². The highest BCUT2D eigenvalue weighted by molar-refractivity contribution is 14.1. The highest BCUT2D eigenvalue weighted by Crippen LogP contribution is 2.26. The van der Waals surface area contributed by atoms with Crippen molar-refractivity contribution < 1.29 is 23.0 Å². The molecule has 0 heterocycles. The van der Waals surface area contributed by atoms with Gasteiger partial charge in [0.05, 0.1) is 17.7 Å². The topological polar surface area (TPSA) is 59.3 Å². The summed E-state index contributed by atoms with van der Waals surface area (Å²) in [6.45, 7) is -1.20. The average Bonchev–Trinajstić information content (AvgIpc) is 2.28. The van der Waals surface area contributed by atoms with Crippen molar-refractivity contribution in [1.82, 2.24) is 0 Å². The number of rotatable bonds is 4. The van der Waals surface area contributed by atoms with E-state index >= 15 is 0 Å². The fraction of sp³-hybridized carbons (Fsp3) is 0.273. The van der Waals surface area contributed by atoms with Crippen LogP contribution in [0.15, 0.2) is 12.1 Å². The van der Waals surface area contributed by atoms with E-state index in [1.165, 1.54) is 12.1 Å². The minimum Gasteiger partial charge on any atom is -0.462 e. The largest absolute Gasteiger partial charge is 0.462 e. The molecular weight excluding hydrogens is 359 g/mol. The maximum absolute atomic E-state index is 12.1. The molecule has 0 saturated carbocycles. The van der Waals surface area contributed by atoms with Gasteiger partial charge in [-0.2, -0.15) is 14.0 Å². The van der Waals surface area contributed by atoms with E-state index in [1.807, 2.05) is 0 Å². The highest BCUT2D eigenvalue weighted by atomic mass is 127. The van der Waals surface area contributed by atoms with Crippen molar-refractivity contribution in [3.05, 3.63) is 26.8 Å². The molecule has 0 aliphatic heterocycles. The molecule has 0 saturated heterocycles.